The fraction of sp³-hybridized carbons (Fsp3) is 0.182. The maximum Gasteiger partial charge on any atom is 0.343 e. The summed E-state index contributed by atoms with van der Waals surface area (Å²) in [5.41, 5.74) is 1.01. The van der Waals surface area contributed by atoms with Crippen LogP contribution in [0.25, 0.3) is 4.91 Å². The molecule has 0 bridgehead atoms. The predicted molar refractivity (Wildman–Crippen MR) is 65.9 cm³/mol. The van der Waals surface area contributed by atoms with Gasteiger partial charge in [-0.15, -0.1) is 23.5 Å². The SMILES string of the molecule is O=C(O)C1=C(c2ccccc2)SCCS1. The van der Waals surface area contributed by atoms with Gasteiger partial charge in [-0.05, 0) is 5.56 Å². The van der Waals surface area contributed by atoms with Gasteiger partial charge in [-0.1, -0.05) is 30.3 Å². The van der Waals surface area contributed by atoms with Gasteiger partial charge in [0.25, 0.3) is 0 Å². The molecule has 1 aromatic rings. The van der Waals surface area contributed by atoms with Gasteiger partial charge in [-0.2, -0.15) is 0 Å². The highest BCUT2D eigenvalue weighted by Gasteiger charge is 2.20. The molecule has 2 rings (SSSR count). The first kappa shape index (κ1) is 10.6. The third-order valence-electron chi connectivity index (χ3n) is 2.01. The number of hydrogen-bond donors (Lipinski definition) is 1. The van der Waals surface area contributed by atoms with Gasteiger partial charge < -0.3 is 5.11 Å². The van der Waals surface area contributed by atoms with Crippen LogP contribution in [0.1, 0.15) is 5.56 Å². The topological polar surface area (TPSA) is 37.3 Å². The number of benzene rings is 1. The maximum absolute atomic E-state index is 11.0. The molecule has 15 heavy (non-hydrogen) atoms. The van der Waals surface area contributed by atoms with Gasteiger partial charge in [0.2, 0.25) is 0 Å². The zero-order valence-corrected chi connectivity index (χ0v) is 9.61. The zero-order valence-electron chi connectivity index (χ0n) is 7.97. The molecule has 1 aromatic carbocycles. The molecule has 1 heterocycles. The molecule has 78 valence electrons. The Balaban J connectivity index is 2.44. The second-order valence-corrected chi connectivity index (χ2v) is 5.24. The molecule has 2 nitrogen and oxygen atoms in total. The Labute approximate surface area is 96.8 Å². The monoisotopic (exact) mass is 238 g/mol. The van der Waals surface area contributed by atoms with Gasteiger partial charge in [-0.25, -0.2) is 4.79 Å². The summed E-state index contributed by atoms with van der Waals surface area (Å²) >= 11 is 3.06. The fourth-order valence-electron chi connectivity index (χ4n) is 1.38. The molecule has 0 saturated carbocycles. The van der Waals surface area contributed by atoms with Crippen LogP contribution in [-0.2, 0) is 4.79 Å². The van der Waals surface area contributed by atoms with Gasteiger partial charge in [0.15, 0.2) is 0 Å². The van der Waals surface area contributed by atoms with Crippen LogP contribution in [0.3, 0.4) is 0 Å². The summed E-state index contributed by atoms with van der Waals surface area (Å²) < 4.78 is 0. The lowest BCUT2D eigenvalue weighted by atomic mass is 10.2. The molecule has 1 aliphatic heterocycles. The van der Waals surface area contributed by atoms with Gasteiger partial charge in [0.1, 0.15) is 4.91 Å². The lowest BCUT2D eigenvalue weighted by Crippen LogP contribution is -2.05. The Morgan fingerprint density at radius 1 is 1.13 bits per heavy atom. The van der Waals surface area contributed by atoms with Crippen LogP contribution in [0, 0.1) is 0 Å². The van der Waals surface area contributed by atoms with Crippen LogP contribution in [-0.4, -0.2) is 22.6 Å². The van der Waals surface area contributed by atoms with Crippen LogP contribution in [0.4, 0.5) is 0 Å². The number of rotatable bonds is 2. The third-order valence-corrected chi connectivity index (χ3v) is 4.61. The van der Waals surface area contributed by atoms with Gasteiger partial charge in [0, 0.05) is 16.4 Å². The minimum absolute atomic E-state index is 0.484. The van der Waals surface area contributed by atoms with E-state index in [0.29, 0.717) is 4.91 Å². The van der Waals surface area contributed by atoms with Crippen molar-refractivity contribution in [2.75, 3.05) is 11.5 Å². The first-order valence-corrected chi connectivity index (χ1v) is 6.55. The minimum Gasteiger partial charge on any atom is -0.477 e. The van der Waals surface area contributed by atoms with E-state index >= 15 is 0 Å². The van der Waals surface area contributed by atoms with E-state index in [1.807, 2.05) is 30.3 Å². The van der Waals surface area contributed by atoms with Crippen molar-refractivity contribution in [3.63, 3.8) is 0 Å². The molecule has 0 aromatic heterocycles. The third kappa shape index (κ3) is 2.38. The van der Waals surface area contributed by atoms with E-state index in [0.717, 1.165) is 22.0 Å². The van der Waals surface area contributed by atoms with Gasteiger partial charge >= 0.3 is 5.97 Å². The normalized spacial score (nSPS) is 16.5. The molecule has 4 heteroatoms. The van der Waals surface area contributed by atoms with Gasteiger partial charge in [0.05, 0.1) is 0 Å². The Kier molecular flexibility index (Phi) is 3.38. The average molecular weight is 238 g/mol. The molecule has 0 spiro atoms. The summed E-state index contributed by atoms with van der Waals surface area (Å²) in [4.78, 5) is 12.4. The first-order chi connectivity index (χ1) is 7.29. The number of hydrogen-bond acceptors (Lipinski definition) is 3. The lowest BCUT2D eigenvalue weighted by Gasteiger charge is -2.16. The number of carboxylic acids is 1. The fourth-order valence-corrected chi connectivity index (χ4v) is 3.70. The number of thioether (sulfide) groups is 2. The van der Waals surface area contributed by atoms with E-state index < -0.39 is 5.97 Å². The second kappa shape index (κ2) is 4.77. The first-order valence-electron chi connectivity index (χ1n) is 4.57. The number of aliphatic carboxylic acids is 1. The molecule has 0 fully saturated rings. The Hall–Kier alpha value is -0.870. The smallest absolute Gasteiger partial charge is 0.343 e. The summed E-state index contributed by atoms with van der Waals surface area (Å²) in [5, 5.41) is 9.08. The van der Waals surface area contributed by atoms with Crippen molar-refractivity contribution in [2.45, 2.75) is 0 Å². The molecule has 1 N–H and O–H groups in total. The summed E-state index contributed by atoms with van der Waals surface area (Å²) in [7, 11) is 0. The van der Waals surface area contributed by atoms with Crippen molar-refractivity contribution in [2.24, 2.45) is 0 Å². The van der Waals surface area contributed by atoms with Crippen LogP contribution in [0.15, 0.2) is 35.2 Å². The number of carboxylic acid groups (broad SMARTS) is 1. The summed E-state index contributed by atoms with van der Waals surface area (Å²) in [6.07, 6.45) is 0. The van der Waals surface area contributed by atoms with E-state index in [-0.39, 0.29) is 0 Å². The van der Waals surface area contributed by atoms with E-state index in [9.17, 15) is 4.79 Å². The van der Waals surface area contributed by atoms with E-state index in [4.69, 9.17) is 5.11 Å². The average Bonchev–Trinajstić information content (AvgIpc) is 2.30. The molecule has 0 saturated heterocycles. The zero-order chi connectivity index (χ0) is 10.7. The van der Waals surface area contributed by atoms with Crippen LogP contribution in [0.2, 0.25) is 0 Å². The molecule has 0 aliphatic carbocycles. The Morgan fingerprint density at radius 3 is 2.47 bits per heavy atom. The van der Waals surface area contributed by atoms with E-state index in [1.54, 1.807) is 11.8 Å². The highest BCUT2D eigenvalue weighted by molar-refractivity contribution is 8.14. The molecule has 0 unspecified atom stereocenters. The van der Waals surface area contributed by atoms with Crippen molar-refractivity contribution < 1.29 is 9.90 Å². The molecular formula is C11H10O2S2. The predicted octanol–water partition coefficient (Wildman–Crippen LogP) is 2.92. The molecular weight excluding hydrogens is 228 g/mol. The molecule has 0 atom stereocenters. The summed E-state index contributed by atoms with van der Waals surface area (Å²) in [5.74, 6) is 1.04. The van der Waals surface area contributed by atoms with Crippen LogP contribution in [0.5, 0.6) is 0 Å². The Morgan fingerprint density at radius 2 is 1.80 bits per heavy atom. The van der Waals surface area contributed by atoms with Crippen molar-refractivity contribution in [1.29, 1.82) is 0 Å². The Bertz CT molecular complexity index is 398. The quantitative estimate of drug-likeness (QED) is 0.859. The summed E-state index contributed by atoms with van der Waals surface area (Å²) in [6.45, 7) is 0. The lowest BCUT2D eigenvalue weighted by molar-refractivity contribution is -0.131. The second-order valence-electron chi connectivity index (χ2n) is 3.03. The van der Waals surface area contributed by atoms with E-state index in [2.05, 4.69) is 0 Å². The molecule has 0 amide bonds. The minimum atomic E-state index is -0.814. The van der Waals surface area contributed by atoms with Crippen molar-refractivity contribution in [1.82, 2.24) is 0 Å². The van der Waals surface area contributed by atoms with Crippen molar-refractivity contribution in [3.8, 4) is 0 Å². The molecule has 1 aliphatic rings. The maximum atomic E-state index is 11.0. The highest BCUT2D eigenvalue weighted by atomic mass is 32.2. The van der Waals surface area contributed by atoms with Crippen molar-refractivity contribution >= 4 is 34.4 Å². The van der Waals surface area contributed by atoms with Crippen LogP contribution >= 0.6 is 23.5 Å². The van der Waals surface area contributed by atoms with Crippen LogP contribution < -0.4 is 0 Å². The number of carbonyl (C=O) groups is 1. The summed E-state index contributed by atoms with van der Waals surface area (Å²) in [6, 6.07) is 9.71. The molecule has 0 radical (unpaired) electrons. The standard InChI is InChI=1S/C11H10O2S2/c12-11(13)10-9(14-6-7-15-10)8-4-2-1-3-5-8/h1-5H,6-7H2,(H,12,13). The highest BCUT2D eigenvalue weighted by Crippen LogP contribution is 2.40. The van der Waals surface area contributed by atoms with E-state index in [1.165, 1.54) is 11.8 Å². The largest absolute Gasteiger partial charge is 0.477 e. The van der Waals surface area contributed by atoms with Gasteiger partial charge in [-0.3, -0.25) is 0 Å². The van der Waals surface area contributed by atoms with Crippen molar-refractivity contribution in [3.05, 3.63) is 40.8 Å².